The van der Waals surface area contributed by atoms with Crippen molar-refractivity contribution in [2.75, 3.05) is 26.1 Å². The Morgan fingerprint density at radius 2 is 1.84 bits per heavy atom. The maximum absolute atomic E-state index is 13.1. The van der Waals surface area contributed by atoms with Crippen LogP contribution in [-0.2, 0) is 14.8 Å². The molecule has 10 nitrogen and oxygen atoms in total. The molecule has 0 saturated carbocycles. The molecule has 1 saturated heterocycles. The van der Waals surface area contributed by atoms with E-state index in [0.717, 1.165) is 0 Å². The van der Waals surface area contributed by atoms with E-state index >= 15 is 0 Å². The number of carbonyl (C=O) groups excluding carboxylic acids is 1. The van der Waals surface area contributed by atoms with Crippen LogP contribution in [0.4, 0.5) is 6.01 Å². The van der Waals surface area contributed by atoms with Gasteiger partial charge < -0.3 is 13.9 Å². The largest absolute Gasteiger partial charge is 0.497 e. The fourth-order valence-corrected chi connectivity index (χ4v) is 5.22. The molecule has 1 amide bonds. The van der Waals surface area contributed by atoms with Crippen LogP contribution in [0.1, 0.15) is 12.8 Å². The lowest BCUT2D eigenvalue weighted by atomic mass is 10.2. The normalized spacial score (nSPS) is 16.6. The summed E-state index contributed by atoms with van der Waals surface area (Å²) in [6.45, 7) is 0.239. The van der Waals surface area contributed by atoms with Crippen molar-refractivity contribution < 1.29 is 27.1 Å². The van der Waals surface area contributed by atoms with Crippen molar-refractivity contribution in [2.24, 2.45) is 0 Å². The summed E-state index contributed by atoms with van der Waals surface area (Å²) in [5.74, 6) is 0.727. The van der Waals surface area contributed by atoms with Crippen LogP contribution >= 0.6 is 0 Å². The van der Waals surface area contributed by atoms with Crippen LogP contribution in [0.15, 0.2) is 57.8 Å². The van der Waals surface area contributed by atoms with Gasteiger partial charge in [0.2, 0.25) is 15.9 Å². The maximum atomic E-state index is 13.1. The van der Waals surface area contributed by atoms with E-state index in [1.807, 2.05) is 0 Å². The van der Waals surface area contributed by atoms with Gasteiger partial charge >= 0.3 is 6.01 Å². The fraction of sp³-hybridized carbons (Fsp3) is 0.286. The summed E-state index contributed by atoms with van der Waals surface area (Å²) in [5.41, 5.74) is 0.576. The number of anilines is 1. The van der Waals surface area contributed by atoms with E-state index in [0.29, 0.717) is 29.9 Å². The van der Waals surface area contributed by atoms with Gasteiger partial charge in [-0.3, -0.25) is 10.1 Å². The second-order valence-corrected chi connectivity index (χ2v) is 8.94. The minimum Gasteiger partial charge on any atom is -0.497 e. The van der Waals surface area contributed by atoms with E-state index in [1.54, 1.807) is 36.4 Å². The number of aromatic nitrogens is 2. The van der Waals surface area contributed by atoms with Gasteiger partial charge in [0.05, 0.1) is 24.7 Å². The molecule has 168 valence electrons. The molecule has 4 rings (SSSR count). The minimum absolute atomic E-state index is 0.0919. The topological polar surface area (TPSA) is 124 Å². The Labute approximate surface area is 185 Å². The molecular formula is C21H22N4O6S. The number of para-hydroxylation sites is 1. The van der Waals surface area contributed by atoms with Crippen LogP contribution in [0.3, 0.4) is 0 Å². The molecule has 2 heterocycles. The van der Waals surface area contributed by atoms with Gasteiger partial charge in [-0.15, -0.1) is 5.10 Å². The fourth-order valence-electron chi connectivity index (χ4n) is 3.57. The highest BCUT2D eigenvalue weighted by molar-refractivity contribution is 7.89. The van der Waals surface area contributed by atoms with Gasteiger partial charge in [0.25, 0.3) is 5.89 Å². The van der Waals surface area contributed by atoms with Gasteiger partial charge in [-0.25, -0.2) is 8.42 Å². The molecule has 2 aromatic carbocycles. The number of hydrogen-bond acceptors (Lipinski definition) is 8. The standard InChI is InChI=1S/C21H22N4O6S/c1-29-14-9-11-15(12-10-14)32(27,28)25-13-5-7-17(25)19(26)22-21-24-23-20(31-21)16-6-3-4-8-18(16)30-2/h3-4,6,8-12,17H,5,7,13H2,1-2H3,(H,22,24,26). The summed E-state index contributed by atoms with van der Waals surface area (Å²) < 4.78 is 43.3. The maximum Gasteiger partial charge on any atom is 0.322 e. The first-order chi connectivity index (χ1) is 15.4. The number of hydrogen-bond donors (Lipinski definition) is 1. The predicted molar refractivity (Wildman–Crippen MR) is 115 cm³/mol. The predicted octanol–water partition coefficient (Wildman–Crippen LogP) is 2.55. The average molecular weight is 458 g/mol. The third-order valence-corrected chi connectivity index (χ3v) is 7.09. The number of rotatable bonds is 7. The van der Waals surface area contributed by atoms with Gasteiger partial charge in [-0.05, 0) is 49.2 Å². The molecule has 1 fully saturated rings. The second kappa shape index (κ2) is 8.97. The Kier molecular flexibility index (Phi) is 6.10. The van der Waals surface area contributed by atoms with Crippen molar-refractivity contribution in [3.05, 3.63) is 48.5 Å². The van der Waals surface area contributed by atoms with Crippen LogP contribution in [0.5, 0.6) is 11.5 Å². The average Bonchev–Trinajstić information content (AvgIpc) is 3.49. The van der Waals surface area contributed by atoms with Crippen molar-refractivity contribution in [3.63, 3.8) is 0 Å². The van der Waals surface area contributed by atoms with E-state index < -0.39 is 22.0 Å². The Balaban J connectivity index is 1.51. The summed E-state index contributed by atoms with van der Waals surface area (Å²) in [4.78, 5) is 13.0. The van der Waals surface area contributed by atoms with Crippen LogP contribution in [0.2, 0.25) is 0 Å². The SMILES string of the molecule is COc1ccc(S(=O)(=O)N2CCCC2C(=O)Nc2nnc(-c3ccccc3OC)o2)cc1. The number of carbonyl (C=O) groups is 1. The van der Waals surface area contributed by atoms with Gasteiger partial charge in [0.1, 0.15) is 17.5 Å². The Morgan fingerprint density at radius 1 is 1.09 bits per heavy atom. The smallest absolute Gasteiger partial charge is 0.322 e. The van der Waals surface area contributed by atoms with E-state index in [4.69, 9.17) is 13.9 Å². The minimum atomic E-state index is -3.86. The number of amides is 1. The third kappa shape index (κ3) is 4.16. The van der Waals surface area contributed by atoms with E-state index in [-0.39, 0.29) is 23.3 Å². The van der Waals surface area contributed by atoms with Crippen LogP contribution in [0.25, 0.3) is 11.5 Å². The molecule has 3 aromatic rings. The molecule has 1 atom stereocenters. The molecule has 1 aromatic heterocycles. The molecule has 0 spiro atoms. The molecule has 0 radical (unpaired) electrons. The van der Waals surface area contributed by atoms with Crippen molar-refractivity contribution in [2.45, 2.75) is 23.8 Å². The van der Waals surface area contributed by atoms with E-state index in [1.165, 1.54) is 30.7 Å². The first kappa shape index (κ1) is 21.8. The summed E-state index contributed by atoms with van der Waals surface area (Å²) in [5, 5.41) is 10.3. The Morgan fingerprint density at radius 3 is 2.56 bits per heavy atom. The van der Waals surface area contributed by atoms with Crippen molar-refractivity contribution in [1.29, 1.82) is 0 Å². The van der Waals surface area contributed by atoms with Crippen LogP contribution in [0, 0.1) is 0 Å². The number of nitrogens with one attached hydrogen (secondary N) is 1. The van der Waals surface area contributed by atoms with Crippen molar-refractivity contribution in [1.82, 2.24) is 14.5 Å². The first-order valence-electron chi connectivity index (χ1n) is 9.87. The van der Waals surface area contributed by atoms with Gasteiger partial charge in [-0.2, -0.15) is 4.31 Å². The summed E-state index contributed by atoms with van der Waals surface area (Å²) in [6.07, 6.45) is 0.943. The third-order valence-electron chi connectivity index (χ3n) is 5.16. The summed E-state index contributed by atoms with van der Waals surface area (Å²) >= 11 is 0. The van der Waals surface area contributed by atoms with Crippen molar-refractivity contribution >= 4 is 21.9 Å². The highest BCUT2D eigenvalue weighted by Gasteiger charge is 2.40. The molecular weight excluding hydrogens is 436 g/mol. The van der Waals surface area contributed by atoms with E-state index in [2.05, 4.69) is 15.5 Å². The van der Waals surface area contributed by atoms with E-state index in [9.17, 15) is 13.2 Å². The van der Waals surface area contributed by atoms with Crippen LogP contribution in [-0.4, -0.2) is 55.6 Å². The zero-order valence-corrected chi connectivity index (χ0v) is 18.3. The Bertz CT molecular complexity index is 1210. The lowest BCUT2D eigenvalue weighted by molar-refractivity contribution is -0.119. The number of methoxy groups -OCH3 is 2. The zero-order valence-electron chi connectivity index (χ0n) is 17.5. The number of sulfonamides is 1. The lowest BCUT2D eigenvalue weighted by Gasteiger charge is -2.22. The molecule has 1 unspecified atom stereocenters. The number of benzene rings is 2. The summed E-state index contributed by atoms with van der Waals surface area (Å²) in [7, 11) is -0.838. The zero-order chi connectivity index (χ0) is 22.7. The Hall–Kier alpha value is -3.44. The first-order valence-corrected chi connectivity index (χ1v) is 11.3. The molecule has 1 N–H and O–H groups in total. The molecule has 1 aliphatic rings. The second-order valence-electron chi connectivity index (χ2n) is 7.05. The lowest BCUT2D eigenvalue weighted by Crippen LogP contribution is -2.43. The summed E-state index contributed by atoms with van der Waals surface area (Å²) in [6, 6.07) is 12.1. The monoisotopic (exact) mass is 458 g/mol. The van der Waals surface area contributed by atoms with Gasteiger partial charge in [-0.1, -0.05) is 17.2 Å². The highest BCUT2D eigenvalue weighted by atomic mass is 32.2. The van der Waals surface area contributed by atoms with Gasteiger partial charge in [0.15, 0.2) is 0 Å². The molecule has 11 heteroatoms. The molecule has 32 heavy (non-hydrogen) atoms. The molecule has 0 aliphatic carbocycles. The van der Waals surface area contributed by atoms with Gasteiger partial charge in [0, 0.05) is 6.54 Å². The molecule has 0 bridgehead atoms. The van der Waals surface area contributed by atoms with Crippen molar-refractivity contribution in [3.8, 4) is 23.0 Å². The highest BCUT2D eigenvalue weighted by Crippen LogP contribution is 2.30. The number of ether oxygens (including phenoxy) is 2. The number of nitrogens with zero attached hydrogens (tertiary/aromatic N) is 3. The quantitative estimate of drug-likeness (QED) is 0.573. The van der Waals surface area contributed by atoms with Crippen LogP contribution < -0.4 is 14.8 Å². The molecule has 1 aliphatic heterocycles.